The van der Waals surface area contributed by atoms with Crippen molar-refractivity contribution in [3.05, 3.63) is 41.1 Å². The first-order chi connectivity index (χ1) is 11.8. The minimum atomic E-state index is -5.21. The predicted molar refractivity (Wildman–Crippen MR) is 90.9 cm³/mol. The lowest BCUT2D eigenvalue weighted by Crippen LogP contribution is -2.57. The Balaban J connectivity index is 2.44. The number of rotatable bonds is 3. The predicted octanol–water partition coefficient (Wildman–Crippen LogP) is 4.07. The van der Waals surface area contributed by atoms with Gasteiger partial charge in [-0.25, -0.2) is 9.07 Å². The topological polar surface area (TPSA) is 44.9 Å². The summed E-state index contributed by atoms with van der Waals surface area (Å²) in [5, 5.41) is 13.7. The van der Waals surface area contributed by atoms with Gasteiger partial charge in [0.25, 0.3) is 0 Å². The van der Waals surface area contributed by atoms with E-state index in [4.69, 9.17) is 0 Å². The molecule has 0 radical (unpaired) electrons. The van der Waals surface area contributed by atoms with Crippen molar-refractivity contribution in [2.75, 3.05) is 16.8 Å². The maximum Gasteiger partial charge on any atom is 0.446 e. The molecule has 0 saturated heterocycles. The fraction of sp³-hybridized carbons (Fsp3) is 0.333. The van der Waals surface area contributed by atoms with E-state index in [9.17, 15) is 18.4 Å². The lowest BCUT2D eigenvalue weighted by molar-refractivity contribution is -0.236. The average Bonchev–Trinajstić information content (AvgIpc) is 2.96. The van der Waals surface area contributed by atoms with Gasteiger partial charge in [-0.05, 0) is 6.07 Å². The van der Waals surface area contributed by atoms with E-state index in [1.165, 1.54) is 22.9 Å². The third-order valence-electron chi connectivity index (χ3n) is 4.00. The first-order valence-corrected chi connectivity index (χ1v) is 8.88. The van der Waals surface area contributed by atoms with Crippen LogP contribution in [0.5, 0.6) is 0 Å². The van der Waals surface area contributed by atoms with Crippen LogP contribution in [0.4, 0.5) is 23.4 Å². The van der Waals surface area contributed by atoms with Gasteiger partial charge < -0.3 is 4.90 Å². The second-order valence-corrected chi connectivity index (χ2v) is 6.41. The summed E-state index contributed by atoms with van der Waals surface area (Å²) in [6.45, 7) is -0.309. The molecule has 10 heteroatoms. The van der Waals surface area contributed by atoms with E-state index >= 15 is 4.39 Å². The first kappa shape index (κ1) is 18.1. The fourth-order valence-electron chi connectivity index (χ4n) is 2.98. The van der Waals surface area contributed by atoms with Gasteiger partial charge in [-0.3, -0.25) is 0 Å². The number of nitrogens with zero attached hydrogens (tertiary/aromatic N) is 4. The molecule has 0 fully saturated rings. The van der Waals surface area contributed by atoms with Gasteiger partial charge in [0.1, 0.15) is 11.6 Å². The van der Waals surface area contributed by atoms with Crippen LogP contribution in [0.25, 0.3) is 5.69 Å². The number of alkyl halides is 5. The van der Waals surface area contributed by atoms with Crippen LogP contribution in [-0.2, 0) is 11.5 Å². The molecule has 132 valence electrons. The second kappa shape index (κ2) is 6.21. The van der Waals surface area contributed by atoms with Crippen molar-refractivity contribution in [2.45, 2.75) is 17.7 Å². The Morgan fingerprint density at radius 1 is 1.32 bits per heavy atom. The largest absolute Gasteiger partial charge is 0.446 e. The summed E-state index contributed by atoms with van der Waals surface area (Å²) in [6.07, 6.45) is -5.21. The standard InChI is InChI=1S/C15H11BrF4N4S/c16-5-6-23-13-9(7-21)11(8-25)22-24(13)12-4-2-1-3-10(12)14(23,17)15(18,19)20/h1-4,25H,5-6,8H2. The van der Waals surface area contributed by atoms with Crippen molar-refractivity contribution in [1.82, 2.24) is 9.78 Å². The first-order valence-electron chi connectivity index (χ1n) is 7.13. The third-order valence-corrected chi connectivity index (χ3v) is 4.65. The Morgan fingerprint density at radius 3 is 2.56 bits per heavy atom. The number of nitriles is 1. The molecular formula is C15H11BrF4N4S. The zero-order chi connectivity index (χ0) is 18.4. The second-order valence-electron chi connectivity index (χ2n) is 5.30. The monoisotopic (exact) mass is 434 g/mol. The third kappa shape index (κ3) is 2.44. The minimum Gasteiger partial charge on any atom is -0.311 e. The number of thiol groups is 1. The van der Waals surface area contributed by atoms with Crippen LogP contribution < -0.4 is 4.90 Å². The molecule has 1 aromatic carbocycles. The molecular weight excluding hydrogens is 424 g/mol. The van der Waals surface area contributed by atoms with E-state index in [1.54, 1.807) is 0 Å². The Bertz CT molecular complexity index is 860. The van der Waals surface area contributed by atoms with Crippen molar-refractivity contribution in [3.8, 4) is 11.8 Å². The molecule has 0 saturated carbocycles. The number of anilines is 1. The number of hydrogen-bond acceptors (Lipinski definition) is 4. The maximum absolute atomic E-state index is 15.6. The van der Waals surface area contributed by atoms with Crippen LogP contribution in [-0.4, -0.2) is 27.8 Å². The number of fused-ring (bicyclic) bond motifs is 3. The highest BCUT2D eigenvalue weighted by molar-refractivity contribution is 9.09. The molecule has 4 nitrogen and oxygen atoms in total. The van der Waals surface area contributed by atoms with Crippen molar-refractivity contribution in [3.63, 3.8) is 0 Å². The van der Waals surface area contributed by atoms with Crippen LogP contribution in [0.1, 0.15) is 16.8 Å². The molecule has 0 bridgehead atoms. The van der Waals surface area contributed by atoms with E-state index in [1.807, 2.05) is 6.07 Å². The fourth-order valence-corrected chi connectivity index (χ4v) is 3.55. The number of hydrogen-bond donors (Lipinski definition) is 1. The number of para-hydroxylation sites is 1. The van der Waals surface area contributed by atoms with Gasteiger partial charge in [0.15, 0.2) is 5.82 Å². The molecule has 0 N–H and O–H groups in total. The molecule has 3 rings (SSSR count). The average molecular weight is 435 g/mol. The number of halogens is 5. The lowest BCUT2D eigenvalue weighted by atomic mass is 9.96. The summed E-state index contributed by atoms with van der Waals surface area (Å²) >= 11 is 7.14. The van der Waals surface area contributed by atoms with Gasteiger partial charge in [-0.15, -0.1) is 0 Å². The molecule has 1 aliphatic rings. The van der Waals surface area contributed by atoms with Crippen molar-refractivity contribution >= 4 is 34.4 Å². The number of benzene rings is 1. The van der Waals surface area contributed by atoms with Gasteiger partial charge in [0.2, 0.25) is 0 Å². The molecule has 2 heterocycles. The van der Waals surface area contributed by atoms with Gasteiger partial charge in [0.05, 0.1) is 11.4 Å². The van der Waals surface area contributed by atoms with Gasteiger partial charge in [0, 0.05) is 23.2 Å². The molecule has 1 unspecified atom stereocenters. The van der Waals surface area contributed by atoms with E-state index in [0.29, 0.717) is 4.90 Å². The van der Waals surface area contributed by atoms with Crippen LogP contribution in [0.15, 0.2) is 24.3 Å². The van der Waals surface area contributed by atoms with Crippen LogP contribution in [0.3, 0.4) is 0 Å². The van der Waals surface area contributed by atoms with E-state index in [-0.39, 0.29) is 40.4 Å². The summed E-state index contributed by atoms with van der Waals surface area (Å²) in [7, 11) is 0. The van der Waals surface area contributed by atoms with Gasteiger partial charge in [-0.1, -0.05) is 34.1 Å². The molecule has 1 atom stereocenters. The van der Waals surface area contributed by atoms with E-state index in [2.05, 4.69) is 33.7 Å². The lowest BCUT2D eigenvalue weighted by Gasteiger charge is -2.43. The van der Waals surface area contributed by atoms with E-state index in [0.717, 1.165) is 6.07 Å². The van der Waals surface area contributed by atoms with E-state index < -0.39 is 17.5 Å². The molecule has 2 aromatic rings. The SMILES string of the molecule is N#Cc1c(CS)nn2c1N(CCBr)C(F)(C(F)(F)F)c1ccccc1-2. The Morgan fingerprint density at radius 2 is 2.00 bits per heavy atom. The Labute approximate surface area is 154 Å². The summed E-state index contributed by atoms with van der Waals surface area (Å²) in [4.78, 5) is 0.544. The maximum atomic E-state index is 15.6. The van der Waals surface area contributed by atoms with Gasteiger partial charge in [-0.2, -0.15) is 36.2 Å². The highest BCUT2D eigenvalue weighted by atomic mass is 79.9. The van der Waals surface area contributed by atoms with Crippen LogP contribution in [0.2, 0.25) is 0 Å². The van der Waals surface area contributed by atoms with Crippen molar-refractivity contribution < 1.29 is 17.6 Å². The Kier molecular flexibility index (Phi) is 4.49. The summed E-state index contributed by atoms with van der Waals surface area (Å²) in [6, 6.07) is 7.10. The summed E-state index contributed by atoms with van der Waals surface area (Å²) in [5.74, 6) is -3.95. The quantitative estimate of drug-likeness (QED) is 0.342. The van der Waals surface area contributed by atoms with Crippen LogP contribution >= 0.6 is 28.6 Å². The smallest absolute Gasteiger partial charge is 0.311 e. The Hall–Kier alpha value is -1.73. The summed E-state index contributed by atoms with van der Waals surface area (Å²) < 4.78 is 58.3. The zero-order valence-electron chi connectivity index (χ0n) is 12.6. The molecule has 1 aliphatic heterocycles. The highest BCUT2D eigenvalue weighted by Crippen LogP contribution is 2.53. The van der Waals surface area contributed by atoms with Crippen LogP contribution in [0, 0.1) is 11.3 Å². The zero-order valence-corrected chi connectivity index (χ0v) is 15.0. The van der Waals surface area contributed by atoms with Crippen molar-refractivity contribution in [2.24, 2.45) is 0 Å². The molecule has 0 aliphatic carbocycles. The van der Waals surface area contributed by atoms with Gasteiger partial charge >= 0.3 is 12.0 Å². The highest BCUT2D eigenvalue weighted by Gasteiger charge is 2.65. The molecule has 1 aromatic heterocycles. The summed E-state index contributed by atoms with van der Waals surface area (Å²) in [5.41, 5.74) is -0.528. The molecule has 0 amide bonds. The molecule has 25 heavy (non-hydrogen) atoms. The minimum absolute atomic E-state index is 0.0402. The van der Waals surface area contributed by atoms with Crippen molar-refractivity contribution in [1.29, 1.82) is 5.26 Å². The number of aromatic nitrogens is 2. The normalized spacial score (nSPS) is 19.3. The molecule has 0 spiro atoms.